The van der Waals surface area contributed by atoms with Crippen molar-refractivity contribution < 1.29 is 0 Å². The lowest BCUT2D eigenvalue weighted by atomic mass is 9.86. The van der Waals surface area contributed by atoms with Crippen LogP contribution in [0.4, 0.5) is 0 Å². The molecule has 1 N–H and O–H groups in total. The molecule has 1 heteroatoms. The summed E-state index contributed by atoms with van der Waals surface area (Å²) in [4.78, 5) is 0. The monoisotopic (exact) mass is 155 g/mol. The van der Waals surface area contributed by atoms with Crippen LogP contribution in [0.5, 0.6) is 0 Å². The van der Waals surface area contributed by atoms with Gasteiger partial charge in [0, 0.05) is 11.6 Å². The van der Waals surface area contributed by atoms with E-state index in [2.05, 4.69) is 39.9 Å². The second-order valence-corrected chi connectivity index (χ2v) is 5.49. The summed E-state index contributed by atoms with van der Waals surface area (Å²) in [5.74, 6) is 0. The molecule has 0 aliphatic carbocycles. The smallest absolute Gasteiger partial charge is 0.0128 e. The van der Waals surface area contributed by atoms with Crippen LogP contribution in [0.2, 0.25) is 0 Å². The number of hydrogen-bond acceptors (Lipinski definition) is 1. The van der Waals surface area contributed by atoms with E-state index in [4.69, 9.17) is 0 Å². The second-order valence-electron chi connectivity index (χ2n) is 5.49. The van der Waals surface area contributed by atoms with Gasteiger partial charge in [0.05, 0.1) is 0 Å². The minimum atomic E-state index is 0.373. The van der Waals surface area contributed by atoms with Crippen molar-refractivity contribution >= 4 is 0 Å². The molecule has 1 rings (SSSR count). The fraction of sp³-hybridized carbons (Fsp3) is 1.00. The zero-order chi connectivity index (χ0) is 8.70. The topological polar surface area (TPSA) is 12.0 Å². The van der Waals surface area contributed by atoms with E-state index in [0.717, 1.165) is 0 Å². The first-order valence-corrected chi connectivity index (χ1v) is 4.59. The summed E-state index contributed by atoms with van der Waals surface area (Å²) in [6, 6.07) is 0.706. The van der Waals surface area contributed by atoms with Crippen molar-refractivity contribution in [1.29, 1.82) is 0 Å². The molecule has 1 saturated heterocycles. The Hall–Kier alpha value is -0.0400. The molecular formula is C10H21N. The van der Waals surface area contributed by atoms with E-state index in [-0.39, 0.29) is 0 Å². The molecule has 0 unspecified atom stereocenters. The highest BCUT2D eigenvalue weighted by Crippen LogP contribution is 2.32. The van der Waals surface area contributed by atoms with Crippen LogP contribution in [0, 0.1) is 5.41 Å². The molecule has 1 nitrogen and oxygen atoms in total. The van der Waals surface area contributed by atoms with Gasteiger partial charge in [-0.05, 0) is 32.1 Å². The van der Waals surface area contributed by atoms with Gasteiger partial charge in [0.25, 0.3) is 0 Å². The van der Waals surface area contributed by atoms with Crippen LogP contribution in [0.15, 0.2) is 0 Å². The van der Waals surface area contributed by atoms with Gasteiger partial charge in [-0.15, -0.1) is 0 Å². The van der Waals surface area contributed by atoms with Crippen LogP contribution in [0.1, 0.15) is 47.5 Å². The van der Waals surface area contributed by atoms with Crippen LogP contribution in [-0.2, 0) is 0 Å². The molecule has 0 aromatic rings. The number of nitrogens with one attached hydrogen (secondary N) is 1. The molecule has 0 aromatic heterocycles. The fourth-order valence-electron chi connectivity index (χ4n) is 1.77. The van der Waals surface area contributed by atoms with Crippen molar-refractivity contribution in [2.75, 3.05) is 0 Å². The van der Waals surface area contributed by atoms with Crippen LogP contribution >= 0.6 is 0 Å². The lowest BCUT2D eigenvalue weighted by Crippen LogP contribution is -2.43. The maximum Gasteiger partial charge on any atom is 0.0128 e. The van der Waals surface area contributed by atoms with Crippen LogP contribution in [0.3, 0.4) is 0 Å². The SMILES string of the molecule is CC1(C)CC[C@@H](C(C)(C)C)N1. The third-order valence-corrected chi connectivity index (χ3v) is 2.67. The van der Waals surface area contributed by atoms with E-state index < -0.39 is 0 Å². The van der Waals surface area contributed by atoms with Crippen LogP contribution < -0.4 is 5.32 Å². The zero-order valence-electron chi connectivity index (χ0n) is 8.49. The summed E-state index contributed by atoms with van der Waals surface area (Å²) >= 11 is 0. The van der Waals surface area contributed by atoms with Gasteiger partial charge in [-0.1, -0.05) is 20.8 Å². The zero-order valence-corrected chi connectivity index (χ0v) is 8.49. The minimum absolute atomic E-state index is 0.373. The van der Waals surface area contributed by atoms with E-state index in [1.165, 1.54) is 12.8 Å². The van der Waals surface area contributed by atoms with Crippen molar-refractivity contribution in [3.63, 3.8) is 0 Å². The van der Waals surface area contributed by atoms with Gasteiger partial charge >= 0.3 is 0 Å². The molecule has 0 saturated carbocycles. The highest BCUT2D eigenvalue weighted by Gasteiger charge is 2.36. The summed E-state index contributed by atoms with van der Waals surface area (Å²) in [5.41, 5.74) is 0.797. The molecule has 0 amide bonds. The van der Waals surface area contributed by atoms with Gasteiger partial charge in [-0.25, -0.2) is 0 Å². The van der Waals surface area contributed by atoms with E-state index in [1.54, 1.807) is 0 Å². The second kappa shape index (κ2) is 2.48. The first-order chi connectivity index (χ1) is 4.81. The van der Waals surface area contributed by atoms with Crippen molar-refractivity contribution in [2.45, 2.75) is 59.0 Å². The molecule has 1 aliphatic heterocycles. The molecule has 1 heterocycles. The Morgan fingerprint density at radius 1 is 1.27 bits per heavy atom. The molecular weight excluding hydrogens is 134 g/mol. The summed E-state index contributed by atoms with van der Waals surface area (Å²) in [6.07, 6.45) is 2.64. The Balaban J connectivity index is 2.55. The van der Waals surface area contributed by atoms with E-state index >= 15 is 0 Å². The van der Waals surface area contributed by atoms with Crippen LogP contribution in [-0.4, -0.2) is 11.6 Å². The van der Waals surface area contributed by atoms with Gasteiger partial charge in [0.1, 0.15) is 0 Å². The predicted octanol–water partition coefficient (Wildman–Crippen LogP) is 2.56. The van der Waals surface area contributed by atoms with Crippen molar-refractivity contribution in [2.24, 2.45) is 5.41 Å². The molecule has 0 aromatic carbocycles. The Morgan fingerprint density at radius 3 is 2.00 bits per heavy atom. The summed E-state index contributed by atoms with van der Waals surface area (Å²) in [6.45, 7) is 11.5. The first kappa shape index (κ1) is 9.05. The molecule has 66 valence electrons. The summed E-state index contributed by atoms with van der Waals surface area (Å²) < 4.78 is 0. The third kappa shape index (κ3) is 2.19. The summed E-state index contributed by atoms with van der Waals surface area (Å²) in [5, 5.41) is 3.67. The van der Waals surface area contributed by atoms with Crippen molar-refractivity contribution in [3.05, 3.63) is 0 Å². The predicted molar refractivity (Wildman–Crippen MR) is 49.7 cm³/mol. The highest BCUT2D eigenvalue weighted by atomic mass is 15.0. The van der Waals surface area contributed by atoms with E-state index in [0.29, 0.717) is 17.0 Å². The highest BCUT2D eigenvalue weighted by molar-refractivity contribution is 4.95. The lowest BCUT2D eigenvalue weighted by molar-refractivity contribution is 0.271. The molecule has 1 atom stereocenters. The quantitative estimate of drug-likeness (QED) is 0.567. The number of rotatable bonds is 0. The molecule has 0 spiro atoms. The largest absolute Gasteiger partial charge is 0.309 e. The molecule has 0 bridgehead atoms. The normalized spacial score (nSPS) is 30.8. The third-order valence-electron chi connectivity index (χ3n) is 2.67. The lowest BCUT2D eigenvalue weighted by Gasteiger charge is -2.30. The molecule has 0 radical (unpaired) electrons. The minimum Gasteiger partial charge on any atom is -0.309 e. The Kier molecular flexibility index (Phi) is 2.04. The Bertz CT molecular complexity index is 141. The maximum atomic E-state index is 3.67. The maximum absolute atomic E-state index is 3.67. The average Bonchev–Trinajstić information content (AvgIpc) is 2.07. The van der Waals surface area contributed by atoms with Gasteiger partial charge in [0.15, 0.2) is 0 Å². The van der Waals surface area contributed by atoms with Crippen LogP contribution in [0.25, 0.3) is 0 Å². The van der Waals surface area contributed by atoms with Gasteiger partial charge in [0.2, 0.25) is 0 Å². The standard InChI is InChI=1S/C10H21N/c1-9(2,3)8-6-7-10(4,5)11-8/h8,11H,6-7H2,1-5H3/t8-/m0/s1. The summed E-state index contributed by atoms with van der Waals surface area (Å²) in [7, 11) is 0. The molecule has 11 heavy (non-hydrogen) atoms. The molecule has 1 fully saturated rings. The number of hydrogen-bond donors (Lipinski definition) is 1. The van der Waals surface area contributed by atoms with Crippen molar-refractivity contribution in [1.82, 2.24) is 5.32 Å². The van der Waals surface area contributed by atoms with Crippen molar-refractivity contribution in [3.8, 4) is 0 Å². The fourth-order valence-corrected chi connectivity index (χ4v) is 1.77. The molecule has 1 aliphatic rings. The van der Waals surface area contributed by atoms with Gasteiger partial charge < -0.3 is 5.32 Å². The van der Waals surface area contributed by atoms with Gasteiger partial charge in [-0.3, -0.25) is 0 Å². The Morgan fingerprint density at radius 2 is 1.82 bits per heavy atom. The van der Waals surface area contributed by atoms with E-state index in [1.807, 2.05) is 0 Å². The average molecular weight is 155 g/mol. The first-order valence-electron chi connectivity index (χ1n) is 4.59. The van der Waals surface area contributed by atoms with E-state index in [9.17, 15) is 0 Å². The van der Waals surface area contributed by atoms with Gasteiger partial charge in [-0.2, -0.15) is 0 Å². The Labute approximate surface area is 70.6 Å².